The van der Waals surface area contributed by atoms with Crippen molar-refractivity contribution in [1.82, 2.24) is 10.6 Å². The second-order valence-electron chi connectivity index (χ2n) is 5.15. The van der Waals surface area contributed by atoms with Crippen molar-refractivity contribution in [3.8, 4) is 0 Å². The van der Waals surface area contributed by atoms with Gasteiger partial charge in [0.05, 0.1) is 12.8 Å². The van der Waals surface area contributed by atoms with E-state index in [1.807, 2.05) is 48.5 Å². The van der Waals surface area contributed by atoms with E-state index >= 15 is 0 Å². The maximum absolute atomic E-state index is 12.0. The minimum absolute atomic E-state index is 0.263. The molecule has 0 spiro atoms. The quantitative estimate of drug-likeness (QED) is 0.564. The first kappa shape index (κ1) is 16.0. The van der Waals surface area contributed by atoms with Crippen molar-refractivity contribution in [2.45, 2.75) is 6.54 Å². The summed E-state index contributed by atoms with van der Waals surface area (Å²) in [5.74, 6) is 0.470. The van der Waals surface area contributed by atoms with Crippen molar-refractivity contribution in [2.24, 2.45) is 0 Å². The van der Waals surface area contributed by atoms with Gasteiger partial charge in [0.2, 0.25) is 5.91 Å². The summed E-state index contributed by atoms with van der Waals surface area (Å²) in [4.78, 5) is 12.0. The number of furan rings is 1. The third-order valence-corrected chi connectivity index (χ3v) is 3.72. The number of hydrogen-bond donors (Lipinski definition) is 2. The van der Waals surface area contributed by atoms with E-state index in [0.29, 0.717) is 6.54 Å². The summed E-state index contributed by atoms with van der Waals surface area (Å²) in [6.45, 7) is 0.430. The molecule has 0 bridgehead atoms. The van der Waals surface area contributed by atoms with Crippen LogP contribution in [0.3, 0.4) is 0 Å². The van der Waals surface area contributed by atoms with E-state index in [0.717, 1.165) is 22.1 Å². The Kier molecular flexibility index (Phi) is 5.03. The topological polar surface area (TPSA) is 54.3 Å². The monoisotopic (exact) mass is 336 g/mol. The summed E-state index contributed by atoms with van der Waals surface area (Å²) >= 11 is 5.09. The smallest absolute Gasteiger partial charge is 0.250 e. The molecule has 3 aromatic rings. The van der Waals surface area contributed by atoms with E-state index in [1.165, 1.54) is 6.08 Å². The number of thiocarbonyl (C=S) groups is 1. The third kappa shape index (κ3) is 4.08. The van der Waals surface area contributed by atoms with Crippen LogP contribution in [-0.2, 0) is 11.3 Å². The van der Waals surface area contributed by atoms with Crippen molar-refractivity contribution >= 4 is 40.1 Å². The molecule has 0 fully saturated rings. The zero-order valence-electron chi connectivity index (χ0n) is 12.9. The molecular formula is C19H16N2O2S. The van der Waals surface area contributed by atoms with Crippen LogP contribution < -0.4 is 10.6 Å². The SMILES string of the molecule is O=C(C=Cc1cccc2ccccc12)NC(=S)NCc1ccco1. The third-order valence-electron chi connectivity index (χ3n) is 3.48. The zero-order chi connectivity index (χ0) is 16.8. The molecule has 1 heterocycles. The Labute approximate surface area is 145 Å². The number of rotatable bonds is 4. The molecular weight excluding hydrogens is 320 g/mol. The van der Waals surface area contributed by atoms with Gasteiger partial charge < -0.3 is 9.73 Å². The number of fused-ring (bicyclic) bond motifs is 1. The number of hydrogen-bond acceptors (Lipinski definition) is 3. The minimum atomic E-state index is -0.278. The van der Waals surface area contributed by atoms with Gasteiger partial charge in [-0.1, -0.05) is 42.5 Å². The molecule has 0 aliphatic carbocycles. The fourth-order valence-electron chi connectivity index (χ4n) is 2.34. The highest BCUT2D eigenvalue weighted by molar-refractivity contribution is 7.80. The lowest BCUT2D eigenvalue weighted by Gasteiger charge is -2.06. The summed E-state index contributed by atoms with van der Waals surface area (Å²) in [5.41, 5.74) is 0.984. The Morgan fingerprint density at radius 1 is 1.08 bits per heavy atom. The second-order valence-corrected chi connectivity index (χ2v) is 5.56. The van der Waals surface area contributed by atoms with Gasteiger partial charge in [-0.15, -0.1) is 0 Å². The van der Waals surface area contributed by atoms with Crippen molar-refractivity contribution in [2.75, 3.05) is 0 Å². The number of carbonyl (C=O) groups excluding carboxylic acids is 1. The first-order chi connectivity index (χ1) is 11.7. The van der Waals surface area contributed by atoms with Crippen LogP contribution in [0.4, 0.5) is 0 Å². The van der Waals surface area contributed by atoms with E-state index in [-0.39, 0.29) is 11.0 Å². The molecule has 2 N–H and O–H groups in total. The number of benzene rings is 2. The normalized spacial score (nSPS) is 10.8. The van der Waals surface area contributed by atoms with Crippen LogP contribution in [0.25, 0.3) is 16.8 Å². The molecule has 0 unspecified atom stereocenters. The lowest BCUT2D eigenvalue weighted by atomic mass is 10.0. The highest BCUT2D eigenvalue weighted by atomic mass is 32.1. The molecule has 0 saturated heterocycles. The second kappa shape index (κ2) is 7.57. The minimum Gasteiger partial charge on any atom is -0.467 e. The maximum atomic E-state index is 12.0. The lowest BCUT2D eigenvalue weighted by molar-refractivity contribution is -0.115. The summed E-state index contributed by atoms with van der Waals surface area (Å²) in [7, 11) is 0. The van der Waals surface area contributed by atoms with Gasteiger partial charge in [-0.2, -0.15) is 0 Å². The van der Waals surface area contributed by atoms with Crippen LogP contribution in [0.15, 0.2) is 71.4 Å². The number of nitrogens with one attached hydrogen (secondary N) is 2. The fraction of sp³-hybridized carbons (Fsp3) is 0.0526. The maximum Gasteiger partial charge on any atom is 0.250 e. The van der Waals surface area contributed by atoms with Crippen LogP contribution in [0.1, 0.15) is 11.3 Å². The van der Waals surface area contributed by atoms with Gasteiger partial charge in [-0.25, -0.2) is 0 Å². The van der Waals surface area contributed by atoms with E-state index in [2.05, 4.69) is 10.6 Å². The van der Waals surface area contributed by atoms with Gasteiger partial charge in [-0.3, -0.25) is 10.1 Å². The van der Waals surface area contributed by atoms with E-state index in [9.17, 15) is 4.79 Å². The molecule has 3 rings (SSSR count). The molecule has 1 aromatic heterocycles. The first-order valence-corrected chi connectivity index (χ1v) is 7.90. The molecule has 0 aliphatic heterocycles. The molecule has 5 heteroatoms. The van der Waals surface area contributed by atoms with Crippen LogP contribution in [0, 0.1) is 0 Å². The Balaban J connectivity index is 1.59. The zero-order valence-corrected chi connectivity index (χ0v) is 13.7. The van der Waals surface area contributed by atoms with E-state index in [4.69, 9.17) is 16.6 Å². The van der Waals surface area contributed by atoms with Gasteiger partial charge in [0.15, 0.2) is 5.11 Å². The van der Waals surface area contributed by atoms with Crippen LogP contribution in [0.5, 0.6) is 0 Å². The Hall–Kier alpha value is -2.92. The highest BCUT2D eigenvalue weighted by Crippen LogP contribution is 2.19. The molecule has 0 aliphatic rings. The van der Waals surface area contributed by atoms with Gasteiger partial charge in [0.25, 0.3) is 0 Å². The average molecular weight is 336 g/mol. The van der Waals surface area contributed by atoms with Gasteiger partial charge >= 0.3 is 0 Å². The average Bonchev–Trinajstić information content (AvgIpc) is 3.11. The van der Waals surface area contributed by atoms with E-state index in [1.54, 1.807) is 18.4 Å². The Morgan fingerprint density at radius 3 is 2.75 bits per heavy atom. The van der Waals surface area contributed by atoms with E-state index < -0.39 is 0 Å². The molecule has 0 radical (unpaired) electrons. The van der Waals surface area contributed by atoms with Crippen molar-refractivity contribution in [3.05, 3.63) is 78.3 Å². The van der Waals surface area contributed by atoms with Crippen molar-refractivity contribution < 1.29 is 9.21 Å². The van der Waals surface area contributed by atoms with Gasteiger partial charge in [0.1, 0.15) is 5.76 Å². The first-order valence-electron chi connectivity index (χ1n) is 7.49. The van der Waals surface area contributed by atoms with Crippen LogP contribution in [-0.4, -0.2) is 11.0 Å². The summed E-state index contributed by atoms with van der Waals surface area (Å²) < 4.78 is 5.19. The molecule has 0 saturated carbocycles. The lowest BCUT2D eigenvalue weighted by Crippen LogP contribution is -2.37. The van der Waals surface area contributed by atoms with Gasteiger partial charge in [-0.05, 0) is 46.8 Å². The number of carbonyl (C=O) groups is 1. The predicted octanol–water partition coefficient (Wildman–Crippen LogP) is 3.64. The predicted molar refractivity (Wildman–Crippen MR) is 99.3 cm³/mol. The highest BCUT2D eigenvalue weighted by Gasteiger charge is 2.03. The Bertz CT molecular complexity index is 880. The summed E-state index contributed by atoms with van der Waals surface area (Å²) in [6, 6.07) is 17.7. The molecule has 4 nitrogen and oxygen atoms in total. The summed E-state index contributed by atoms with van der Waals surface area (Å²) in [5, 5.41) is 8.03. The molecule has 1 amide bonds. The van der Waals surface area contributed by atoms with Crippen LogP contribution in [0.2, 0.25) is 0 Å². The van der Waals surface area contributed by atoms with Crippen LogP contribution >= 0.6 is 12.2 Å². The Morgan fingerprint density at radius 2 is 1.92 bits per heavy atom. The standard InChI is InChI=1S/C19H16N2O2S/c22-18(21-19(24)20-13-16-8-4-12-23-16)11-10-15-7-3-6-14-5-1-2-9-17(14)15/h1-12H,13H2,(H2,20,21,22,24). The van der Waals surface area contributed by atoms with Crippen molar-refractivity contribution in [3.63, 3.8) is 0 Å². The van der Waals surface area contributed by atoms with Crippen molar-refractivity contribution in [1.29, 1.82) is 0 Å². The molecule has 0 atom stereocenters. The number of amides is 1. The molecule has 24 heavy (non-hydrogen) atoms. The fourth-order valence-corrected chi connectivity index (χ4v) is 2.51. The largest absolute Gasteiger partial charge is 0.467 e. The summed E-state index contributed by atoms with van der Waals surface area (Å²) in [6.07, 6.45) is 4.85. The molecule has 120 valence electrons. The van der Waals surface area contributed by atoms with Gasteiger partial charge in [0, 0.05) is 6.08 Å². The molecule has 2 aromatic carbocycles.